The summed E-state index contributed by atoms with van der Waals surface area (Å²) in [7, 11) is 0. The summed E-state index contributed by atoms with van der Waals surface area (Å²) in [4.78, 5) is 12.0. The summed E-state index contributed by atoms with van der Waals surface area (Å²) in [5, 5.41) is 0.361. The normalized spacial score (nSPS) is 11.8. The number of alkyl halides is 3. The number of hydrogen-bond acceptors (Lipinski definition) is 2. The molecule has 0 spiro atoms. The van der Waals surface area contributed by atoms with Crippen molar-refractivity contribution in [2.24, 2.45) is 0 Å². The predicted octanol–water partition coefficient (Wildman–Crippen LogP) is 4.48. The molecule has 0 unspecified atom stereocenters. The highest BCUT2D eigenvalue weighted by molar-refractivity contribution is 5.93. The van der Waals surface area contributed by atoms with Gasteiger partial charge in [0.05, 0.1) is 17.2 Å². The van der Waals surface area contributed by atoms with Gasteiger partial charge in [0.25, 0.3) is 0 Å². The van der Waals surface area contributed by atoms with Gasteiger partial charge in [0, 0.05) is 6.07 Å². The first-order valence-electron chi connectivity index (χ1n) is 6.15. The Morgan fingerprint density at radius 1 is 0.905 bits per heavy atom. The van der Waals surface area contributed by atoms with Gasteiger partial charge in [-0.25, -0.2) is 0 Å². The maximum absolute atomic E-state index is 12.6. The number of benzene rings is 2. The molecule has 1 aromatic heterocycles. The zero-order valence-corrected chi connectivity index (χ0v) is 10.6. The Morgan fingerprint density at radius 2 is 1.62 bits per heavy atom. The second-order valence-corrected chi connectivity index (χ2v) is 4.54. The molecular weight excluding hydrogens is 281 g/mol. The fourth-order valence-corrected chi connectivity index (χ4v) is 2.22. The van der Waals surface area contributed by atoms with Crippen molar-refractivity contribution >= 4 is 11.0 Å². The van der Waals surface area contributed by atoms with Crippen LogP contribution in [0, 0.1) is 0 Å². The van der Waals surface area contributed by atoms with Gasteiger partial charge in [0.15, 0.2) is 5.43 Å². The second kappa shape index (κ2) is 4.77. The van der Waals surface area contributed by atoms with E-state index >= 15 is 0 Å². The summed E-state index contributed by atoms with van der Waals surface area (Å²) in [6.45, 7) is 0. The molecule has 0 bridgehead atoms. The molecule has 2 aromatic carbocycles. The second-order valence-electron chi connectivity index (χ2n) is 4.54. The minimum Gasteiger partial charge on any atom is -0.464 e. The van der Waals surface area contributed by atoms with Crippen molar-refractivity contribution in [1.82, 2.24) is 0 Å². The predicted molar refractivity (Wildman–Crippen MR) is 72.9 cm³/mol. The van der Waals surface area contributed by atoms with Crippen molar-refractivity contribution in [3.05, 3.63) is 70.6 Å². The first-order valence-corrected chi connectivity index (χ1v) is 6.15. The van der Waals surface area contributed by atoms with Crippen molar-refractivity contribution in [3.63, 3.8) is 0 Å². The van der Waals surface area contributed by atoms with E-state index in [0.29, 0.717) is 22.1 Å². The third-order valence-electron chi connectivity index (χ3n) is 3.21. The highest BCUT2D eigenvalue weighted by atomic mass is 19.4. The molecule has 0 fully saturated rings. The van der Waals surface area contributed by atoms with Gasteiger partial charge >= 0.3 is 6.18 Å². The SMILES string of the molecule is O=c1ccoc2cccc(-c3ccc(C(F)(F)F)cc3)c12. The van der Waals surface area contributed by atoms with Crippen molar-refractivity contribution in [2.75, 3.05) is 0 Å². The van der Waals surface area contributed by atoms with Gasteiger partial charge in [-0.3, -0.25) is 4.79 Å². The highest BCUT2D eigenvalue weighted by Gasteiger charge is 2.30. The van der Waals surface area contributed by atoms with E-state index in [2.05, 4.69) is 0 Å². The Balaban J connectivity index is 2.20. The van der Waals surface area contributed by atoms with Crippen LogP contribution in [-0.4, -0.2) is 0 Å². The van der Waals surface area contributed by atoms with Gasteiger partial charge in [-0.1, -0.05) is 24.3 Å². The Morgan fingerprint density at radius 3 is 2.29 bits per heavy atom. The van der Waals surface area contributed by atoms with Gasteiger partial charge < -0.3 is 4.42 Å². The fourth-order valence-electron chi connectivity index (χ4n) is 2.22. The molecule has 1 heterocycles. The molecule has 0 radical (unpaired) electrons. The quantitative estimate of drug-likeness (QED) is 0.661. The van der Waals surface area contributed by atoms with E-state index in [1.165, 1.54) is 24.5 Å². The van der Waals surface area contributed by atoms with E-state index < -0.39 is 11.7 Å². The molecule has 0 saturated carbocycles. The van der Waals surface area contributed by atoms with Gasteiger partial charge in [-0.15, -0.1) is 0 Å². The summed E-state index contributed by atoms with van der Waals surface area (Å²) in [5.41, 5.74) is 0.535. The van der Waals surface area contributed by atoms with Crippen LogP contribution in [0.4, 0.5) is 13.2 Å². The van der Waals surface area contributed by atoms with Crippen molar-refractivity contribution in [3.8, 4) is 11.1 Å². The molecule has 106 valence electrons. The van der Waals surface area contributed by atoms with Crippen molar-refractivity contribution < 1.29 is 17.6 Å². The Bertz CT molecular complexity index is 841. The molecule has 3 rings (SSSR count). The van der Waals surface area contributed by atoms with Crippen LogP contribution in [0.2, 0.25) is 0 Å². The fraction of sp³-hybridized carbons (Fsp3) is 0.0625. The molecule has 0 amide bonds. The molecule has 0 aliphatic carbocycles. The van der Waals surface area contributed by atoms with Gasteiger partial charge in [0.2, 0.25) is 0 Å². The Labute approximate surface area is 117 Å². The van der Waals surface area contributed by atoms with E-state index in [0.717, 1.165) is 12.1 Å². The van der Waals surface area contributed by atoms with Gasteiger partial charge in [0.1, 0.15) is 5.58 Å². The standard InChI is InChI=1S/C16H9F3O2/c17-16(18,19)11-6-4-10(5-7-11)12-2-1-3-14-15(12)13(20)8-9-21-14/h1-9H. The summed E-state index contributed by atoms with van der Waals surface area (Å²) in [6, 6.07) is 11.0. The number of hydrogen-bond donors (Lipinski definition) is 0. The zero-order valence-electron chi connectivity index (χ0n) is 10.6. The molecule has 3 aromatic rings. The molecular formula is C16H9F3O2. The lowest BCUT2D eigenvalue weighted by Crippen LogP contribution is -2.04. The van der Waals surface area contributed by atoms with Gasteiger partial charge in [-0.05, 0) is 29.3 Å². The van der Waals surface area contributed by atoms with Gasteiger partial charge in [-0.2, -0.15) is 13.2 Å². The van der Waals surface area contributed by atoms with E-state index in [4.69, 9.17) is 4.42 Å². The number of halogens is 3. The Kier molecular flexibility index (Phi) is 3.05. The lowest BCUT2D eigenvalue weighted by atomic mass is 10.00. The Hall–Kier alpha value is -2.56. The minimum absolute atomic E-state index is 0.230. The minimum atomic E-state index is -4.38. The summed E-state index contributed by atoms with van der Waals surface area (Å²) >= 11 is 0. The van der Waals surface area contributed by atoms with Crippen LogP contribution in [0.15, 0.2) is 64.0 Å². The lowest BCUT2D eigenvalue weighted by molar-refractivity contribution is -0.137. The maximum Gasteiger partial charge on any atom is 0.416 e. The van der Waals surface area contributed by atoms with Crippen LogP contribution >= 0.6 is 0 Å². The summed E-state index contributed by atoms with van der Waals surface area (Å²) in [5.74, 6) is 0. The average Bonchev–Trinajstić information content (AvgIpc) is 2.46. The molecule has 0 aliphatic heterocycles. The largest absolute Gasteiger partial charge is 0.464 e. The molecule has 21 heavy (non-hydrogen) atoms. The van der Waals surface area contributed by atoms with Crippen molar-refractivity contribution in [1.29, 1.82) is 0 Å². The molecule has 0 atom stereocenters. The van der Waals surface area contributed by atoms with Crippen LogP contribution in [0.1, 0.15) is 5.56 Å². The average molecular weight is 290 g/mol. The van der Waals surface area contributed by atoms with Crippen molar-refractivity contribution in [2.45, 2.75) is 6.18 Å². The molecule has 0 aliphatic rings. The van der Waals surface area contributed by atoms with Crippen LogP contribution in [0.5, 0.6) is 0 Å². The van der Waals surface area contributed by atoms with Crippen LogP contribution in [0.3, 0.4) is 0 Å². The van der Waals surface area contributed by atoms with Crippen LogP contribution in [-0.2, 0) is 6.18 Å². The highest BCUT2D eigenvalue weighted by Crippen LogP contribution is 2.32. The monoisotopic (exact) mass is 290 g/mol. The summed E-state index contributed by atoms with van der Waals surface area (Å²) < 4.78 is 43.0. The first-order chi connectivity index (χ1) is 9.97. The third-order valence-corrected chi connectivity index (χ3v) is 3.21. The number of rotatable bonds is 1. The van der Waals surface area contributed by atoms with E-state index in [-0.39, 0.29) is 5.43 Å². The third kappa shape index (κ3) is 2.42. The maximum atomic E-state index is 12.6. The van der Waals surface area contributed by atoms with E-state index in [9.17, 15) is 18.0 Å². The molecule has 0 saturated heterocycles. The first kappa shape index (κ1) is 13.4. The topological polar surface area (TPSA) is 30.2 Å². The van der Waals surface area contributed by atoms with Crippen LogP contribution < -0.4 is 5.43 Å². The van der Waals surface area contributed by atoms with E-state index in [1.807, 2.05) is 0 Å². The molecule has 2 nitrogen and oxygen atoms in total. The smallest absolute Gasteiger partial charge is 0.416 e. The zero-order chi connectivity index (χ0) is 15.0. The summed E-state index contributed by atoms with van der Waals surface area (Å²) in [6.07, 6.45) is -3.09. The number of fused-ring (bicyclic) bond motifs is 1. The molecule has 5 heteroatoms. The molecule has 0 N–H and O–H groups in total. The lowest BCUT2D eigenvalue weighted by Gasteiger charge is -2.09. The van der Waals surface area contributed by atoms with E-state index in [1.54, 1.807) is 18.2 Å². The van der Waals surface area contributed by atoms with Crippen LogP contribution in [0.25, 0.3) is 22.1 Å².